The van der Waals surface area contributed by atoms with Gasteiger partial charge in [0.05, 0.1) is 11.8 Å². The number of hydrogen-bond donors (Lipinski definition) is 1. The zero-order chi connectivity index (χ0) is 16.7. The van der Waals surface area contributed by atoms with E-state index in [1.807, 2.05) is 30.3 Å². The summed E-state index contributed by atoms with van der Waals surface area (Å²) in [6.45, 7) is 0.169. The molecule has 5 heteroatoms. The Kier molecular flexibility index (Phi) is 3.71. The van der Waals surface area contributed by atoms with Crippen LogP contribution in [0.5, 0.6) is 0 Å². The van der Waals surface area contributed by atoms with Crippen LogP contribution in [0.15, 0.2) is 42.5 Å². The molecule has 3 aliphatic carbocycles. The first-order chi connectivity index (χ1) is 11.6. The minimum absolute atomic E-state index is 0.0865. The van der Waals surface area contributed by atoms with Crippen LogP contribution in [0.25, 0.3) is 0 Å². The number of benzene rings is 1. The van der Waals surface area contributed by atoms with Gasteiger partial charge in [-0.15, -0.1) is 0 Å². The van der Waals surface area contributed by atoms with Crippen LogP contribution in [0.3, 0.4) is 0 Å². The van der Waals surface area contributed by atoms with Gasteiger partial charge in [-0.3, -0.25) is 19.3 Å². The fourth-order valence-electron chi connectivity index (χ4n) is 4.31. The smallest absolute Gasteiger partial charge is 0.233 e. The molecule has 1 saturated heterocycles. The molecule has 124 valence electrons. The first-order valence-corrected chi connectivity index (χ1v) is 8.53. The topological polar surface area (TPSA) is 66.5 Å². The van der Waals surface area contributed by atoms with E-state index in [4.69, 9.17) is 0 Å². The lowest BCUT2D eigenvalue weighted by atomic mass is 9.63. The third kappa shape index (κ3) is 2.44. The minimum Gasteiger partial charge on any atom is -0.326 e. The maximum Gasteiger partial charge on any atom is 0.233 e. The summed E-state index contributed by atoms with van der Waals surface area (Å²) in [4.78, 5) is 38.7. The molecule has 0 unspecified atom stereocenters. The molecule has 1 aromatic rings. The Labute approximate surface area is 140 Å². The second-order valence-electron chi connectivity index (χ2n) is 6.83. The van der Waals surface area contributed by atoms with Gasteiger partial charge in [-0.2, -0.15) is 0 Å². The number of rotatable bonds is 4. The Morgan fingerprint density at radius 3 is 2.12 bits per heavy atom. The van der Waals surface area contributed by atoms with Gasteiger partial charge in [0.1, 0.15) is 0 Å². The molecule has 2 fully saturated rings. The Morgan fingerprint density at radius 2 is 1.58 bits per heavy atom. The van der Waals surface area contributed by atoms with E-state index < -0.39 is 0 Å². The van der Waals surface area contributed by atoms with Gasteiger partial charge in [-0.05, 0) is 36.8 Å². The summed E-state index contributed by atoms with van der Waals surface area (Å²) in [5.74, 6) is -0.359. The number of carbonyl (C=O) groups is 3. The fourth-order valence-corrected chi connectivity index (χ4v) is 4.31. The molecule has 1 aliphatic heterocycles. The largest absolute Gasteiger partial charge is 0.326 e. The van der Waals surface area contributed by atoms with Crippen LogP contribution in [0.4, 0.5) is 5.69 Å². The molecule has 24 heavy (non-hydrogen) atoms. The Bertz CT molecular complexity index is 681. The van der Waals surface area contributed by atoms with Crippen molar-refractivity contribution in [1.29, 1.82) is 0 Å². The average Bonchev–Trinajstić information content (AvgIpc) is 2.88. The van der Waals surface area contributed by atoms with E-state index in [0.717, 1.165) is 18.5 Å². The summed E-state index contributed by atoms with van der Waals surface area (Å²) in [6.07, 6.45) is 6.32. The summed E-state index contributed by atoms with van der Waals surface area (Å²) in [6, 6.07) is 9.18. The maximum atomic E-state index is 12.7. The van der Waals surface area contributed by atoms with Gasteiger partial charge < -0.3 is 5.32 Å². The minimum atomic E-state index is -0.196. The van der Waals surface area contributed by atoms with Crippen molar-refractivity contribution in [3.05, 3.63) is 42.5 Å². The van der Waals surface area contributed by atoms with Gasteiger partial charge in [0.2, 0.25) is 17.7 Å². The van der Waals surface area contributed by atoms with Gasteiger partial charge in [0.25, 0.3) is 0 Å². The van der Waals surface area contributed by atoms with Crippen molar-refractivity contribution >= 4 is 23.4 Å². The molecular weight excluding hydrogens is 304 g/mol. The zero-order valence-electron chi connectivity index (χ0n) is 13.4. The third-order valence-corrected chi connectivity index (χ3v) is 5.47. The van der Waals surface area contributed by atoms with Crippen molar-refractivity contribution in [3.63, 3.8) is 0 Å². The Balaban J connectivity index is 1.40. The first-order valence-electron chi connectivity index (χ1n) is 8.53. The number of imide groups is 1. The number of amides is 3. The highest BCUT2D eigenvalue weighted by molar-refractivity contribution is 6.06. The average molecular weight is 324 g/mol. The predicted molar refractivity (Wildman–Crippen MR) is 88.7 cm³/mol. The molecule has 4 aliphatic rings. The van der Waals surface area contributed by atoms with Crippen molar-refractivity contribution in [2.45, 2.75) is 19.3 Å². The molecule has 1 saturated carbocycles. The number of likely N-dealkylation sites (tertiary alicyclic amines) is 1. The number of hydrogen-bond acceptors (Lipinski definition) is 3. The van der Waals surface area contributed by atoms with Crippen LogP contribution in [0.1, 0.15) is 19.3 Å². The Hall–Kier alpha value is -2.43. The monoisotopic (exact) mass is 324 g/mol. The highest BCUT2D eigenvalue weighted by Crippen LogP contribution is 2.49. The number of allylic oxidation sites excluding steroid dienone is 2. The SMILES string of the molecule is O=C(CCN1C(=O)[C@@H]2[C@@H](C1=O)[C@H]1C=C[C@H]2CC1)Nc1ccccc1. The summed E-state index contributed by atoms with van der Waals surface area (Å²) >= 11 is 0. The number of fused-ring (bicyclic) bond motifs is 1. The third-order valence-electron chi connectivity index (χ3n) is 5.47. The molecule has 5 rings (SSSR count). The highest BCUT2D eigenvalue weighted by atomic mass is 16.2. The van der Waals surface area contributed by atoms with Crippen LogP contribution >= 0.6 is 0 Å². The van der Waals surface area contributed by atoms with Gasteiger partial charge in [-0.1, -0.05) is 30.4 Å². The van der Waals surface area contributed by atoms with Gasteiger partial charge in [-0.25, -0.2) is 0 Å². The molecule has 2 bridgehead atoms. The van der Waals surface area contributed by atoms with Gasteiger partial charge in [0, 0.05) is 18.7 Å². The van der Waals surface area contributed by atoms with Crippen molar-refractivity contribution in [1.82, 2.24) is 4.90 Å². The van der Waals surface area contributed by atoms with Crippen LogP contribution in [0.2, 0.25) is 0 Å². The van der Waals surface area contributed by atoms with Crippen molar-refractivity contribution in [3.8, 4) is 0 Å². The fraction of sp³-hybridized carbons (Fsp3) is 0.421. The van der Waals surface area contributed by atoms with E-state index in [1.165, 1.54) is 4.90 Å². The maximum absolute atomic E-state index is 12.7. The van der Waals surface area contributed by atoms with Crippen molar-refractivity contribution < 1.29 is 14.4 Å². The summed E-state index contributed by atoms with van der Waals surface area (Å²) in [5.41, 5.74) is 0.720. The standard InChI is InChI=1S/C19H20N2O3/c22-15(20-14-4-2-1-3-5-14)10-11-21-18(23)16-12-6-7-13(9-8-12)17(16)19(21)24/h1-7,12-13,16-17H,8-11H2,(H,20,22)/t12-,13-,16-,17-/m0/s1. The van der Waals surface area contributed by atoms with E-state index in [-0.39, 0.29) is 54.4 Å². The number of anilines is 1. The molecular formula is C19H20N2O3. The quantitative estimate of drug-likeness (QED) is 0.682. The predicted octanol–water partition coefficient (Wildman–Crippen LogP) is 2.21. The van der Waals surface area contributed by atoms with E-state index in [2.05, 4.69) is 17.5 Å². The van der Waals surface area contributed by atoms with Crippen molar-refractivity contribution in [2.75, 3.05) is 11.9 Å². The summed E-state index contributed by atoms with van der Waals surface area (Å²) < 4.78 is 0. The van der Waals surface area contributed by atoms with E-state index in [1.54, 1.807) is 0 Å². The molecule has 1 heterocycles. The molecule has 1 N–H and O–H groups in total. The molecule has 0 spiro atoms. The van der Waals surface area contributed by atoms with Crippen molar-refractivity contribution in [2.24, 2.45) is 23.7 Å². The number of para-hydroxylation sites is 1. The lowest BCUT2D eigenvalue weighted by molar-refractivity contribution is -0.140. The normalized spacial score (nSPS) is 30.6. The molecule has 3 amide bonds. The van der Waals surface area contributed by atoms with E-state index in [0.29, 0.717) is 0 Å². The first kappa shape index (κ1) is 15.1. The number of nitrogens with one attached hydrogen (secondary N) is 1. The van der Waals surface area contributed by atoms with Crippen LogP contribution in [0, 0.1) is 23.7 Å². The second-order valence-corrected chi connectivity index (χ2v) is 6.83. The van der Waals surface area contributed by atoms with E-state index in [9.17, 15) is 14.4 Å². The highest BCUT2D eigenvalue weighted by Gasteiger charge is 2.56. The van der Waals surface area contributed by atoms with E-state index >= 15 is 0 Å². The zero-order valence-corrected chi connectivity index (χ0v) is 13.4. The molecule has 4 atom stereocenters. The lowest BCUT2D eigenvalue weighted by Crippen LogP contribution is -2.38. The molecule has 5 nitrogen and oxygen atoms in total. The molecule has 0 radical (unpaired) electrons. The van der Waals surface area contributed by atoms with Crippen LogP contribution in [-0.2, 0) is 14.4 Å². The van der Waals surface area contributed by atoms with Gasteiger partial charge in [0.15, 0.2) is 0 Å². The van der Waals surface area contributed by atoms with Crippen LogP contribution in [-0.4, -0.2) is 29.2 Å². The lowest BCUT2D eigenvalue weighted by Gasteiger charge is -2.38. The summed E-state index contributed by atoms with van der Waals surface area (Å²) in [7, 11) is 0. The van der Waals surface area contributed by atoms with Gasteiger partial charge >= 0.3 is 0 Å². The Morgan fingerprint density at radius 1 is 1.00 bits per heavy atom. The summed E-state index contributed by atoms with van der Waals surface area (Å²) in [5, 5.41) is 2.79. The number of carbonyl (C=O) groups excluding carboxylic acids is 3. The molecule has 0 aromatic heterocycles. The second kappa shape index (κ2) is 5.89. The number of nitrogens with zero attached hydrogens (tertiary/aromatic N) is 1. The molecule has 1 aromatic carbocycles. The van der Waals surface area contributed by atoms with Crippen LogP contribution < -0.4 is 5.32 Å².